The van der Waals surface area contributed by atoms with Crippen LogP contribution in [-0.2, 0) is 29.1 Å². The predicted octanol–water partition coefficient (Wildman–Crippen LogP) is 8.23. The van der Waals surface area contributed by atoms with E-state index in [2.05, 4.69) is 66.2 Å². The predicted molar refractivity (Wildman–Crippen MR) is 414 cm³/mol. The summed E-state index contributed by atoms with van der Waals surface area (Å²) < 4.78 is 27.8. The number of nitrogens with one attached hydrogen (secondary N) is 4. The number of fused-ring (bicyclic) bond motifs is 3. The van der Waals surface area contributed by atoms with Gasteiger partial charge in [-0.1, -0.05) is 53.8 Å². The summed E-state index contributed by atoms with van der Waals surface area (Å²) in [5.41, 5.74) is 6.08. The van der Waals surface area contributed by atoms with E-state index < -0.39 is 11.2 Å². The van der Waals surface area contributed by atoms with Crippen LogP contribution in [0.1, 0.15) is 97.1 Å². The molecule has 3 aliphatic rings. The maximum Gasteiger partial charge on any atom is 1.00 e. The normalized spacial score (nSPS) is 14.2. The van der Waals surface area contributed by atoms with Crippen molar-refractivity contribution in [1.82, 2.24) is 74.1 Å². The van der Waals surface area contributed by atoms with E-state index in [1.807, 2.05) is 76.4 Å². The van der Waals surface area contributed by atoms with E-state index in [-0.39, 0.29) is 72.5 Å². The van der Waals surface area contributed by atoms with Crippen molar-refractivity contribution in [2.75, 3.05) is 135 Å². The molecule has 0 bridgehead atoms. The molecule has 6 aromatic heterocycles. The second-order valence-corrected chi connectivity index (χ2v) is 28.7. The fourth-order valence-electron chi connectivity index (χ4n) is 12.0. The van der Waals surface area contributed by atoms with Gasteiger partial charge < -0.3 is 55.1 Å². The molecule has 3 fully saturated rings. The summed E-state index contributed by atoms with van der Waals surface area (Å²) in [5, 5.41) is 38.3. The number of benzene rings is 3. The number of hydrogen-bond acceptors (Lipinski definition) is 20. The third kappa shape index (κ3) is 23.1. The van der Waals surface area contributed by atoms with Crippen molar-refractivity contribution < 1.29 is 77.6 Å². The van der Waals surface area contributed by atoms with Crippen molar-refractivity contribution in [3.05, 3.63) is 145 Å². The van der Waals surface area contributed by atoms with E-state index in [0.29, 0.717) is 127 Å². The van der Waals surface area contributed by atoms with Crippen LogP contribution in [0.3, 0.4) is 0 Å². The van der Waals surface area contributed by atoms with Gasteiger partial charge in [0.15, 0.2) is 16.9 Å². The Hall–Kier alpha value is -7.97. The average Bonchev–Trinajstić information content (AvgIpc) is 1.66. The molecule has 570 valence electrons. The van der Waals surface area contributed by atoms with E-state index in [0.717, 1.165) is 108 Å². The number of amides is 5. The number of nitrogens with zero attached hydrogens (tertiary/aromatic N) is 14. The second kappa shape index (κ2) is 39.4. The number of piperazine rings is 3. The molecular formula is C74H95Cl4N18NaO10. The molecule has 0 unspecified atom stereocenters. The molecule has 0 saturated carbocycles. The SMILES string of the molecule is C.COc1c(C(=O)Nc2ccc(Cl)cc2)cnc2c1c(C)nn2CCN1CCN(C(=O)OC(C)(C)C)CC1.COc1c(C(=O)Nc2ccc(Cl)cc2)cnc2c1c(C)nn2CCN1CCNCC1.C[O-].Cc1nn(CCN2CCN(C(=O)OC(C)(C)C)CC2)c2ncc(C(=O)Nc3ccc(Cl)cc3)c(Cl)c12.[Na+]. The molecule has 3 aromatic carbocycles. The van der Waals surface area contributed by atoms with E-state index in [9.17, 15) is 24.0 Å². The Labute approximate surface area is 666 Å². The molecule has 3 aliphatic heterocycles. The fourth-order valence-corrected chi connectivity index (χ4v) is 12.8. The van der Waals surface area contributed by atoms with Crippen LogP contribution in [0.2, 0.25) is 20.1 Å². The Balaban J connectivity index is 0.000000220. The van der Waals surface area contributed by atoms with Crippen LogP contribution >= 0.6 is 46.4 Å². The Kier molecular flexibility index (Phi) is 31.8. The van der Waals surface area contributed by atoms with Gasteiger partial charge in [-0.15, -0.1) is 0 Å². The van der Waals surface area contributed by atoms with Crippen LogP contribution in [0.5, 0.6) is 11.5 Å². The summed E-state index contributed by atoms with van der Waals surface area (Å²) in [6.07, 6.45) is 4.00. The Morgan fingerprint density at radius 2 is 0.738 bits per heavy atom. The average molecular weight is 1560 g/mol. The first-order chi connectivity index (χ1) is 50.1. The monoisotopic (exact) mass is 1560 g/mol. The summed E-state index contributed by atoms with van der Waals surface area (Å²) in [7, 11) is 3.85. The van der Waals surface area contributed by atoms with Gasteiger partial charge in [0.1, 0.15) is 33.8 Å². The molecule has 0 aliphatic carbocycles. The third-order valence-electron chi connectivity index (χ3n) is 17.2. The van der Waals surface area contributed by atoms with Crippen LogP contribution in [0, 0.1) is 20.8 Å². The van der Waals surface area contributed by atoms with Crippen molar-refractivity contribution in [3.8, 4) is 11.5 Å². The second-order valence-electron chi connectivity index (χ2n) is 27.0. The molecule has 4 N–H and O–H groups in total. The van der Waals surface area contributed by atoms with Gasteiger partial charge in [-0.2, -0.15) is 22.4 Å². The first-order valence-corrected chi connectivity index (χ1v) is 35.9. The van der Waals surface area contributed by atoms with Crippen LogP contribution < -0.4 is 65.4 Å². The summed E-state index contributed by atoms with van der Waals surface area (Å²) in [4.78, 5) is 87.4. The number of methoxy groups -OCH3 is 2. The van der Waals surface area contributed by atoms with E-state index in [1.165, 1.54) is 19.5 Å². The molecule has 3 saturated heterocycles. The fraction of sp³-hybridized carbons (Fsp3) is 0.446. The van der Waals surface area contributed by atoms with Crippen LogP contribution in [0.15, 0.2) is 91.4 Å². The number of aromatic nitrogens is 9. The summed E-state index contributed by atoms with van der Waals surface area (Å²) in [6.45, 7) is 30.8. The molecule has 33 heteroatoms. The topological polar surface area (TPSA) is 302 Å². The van der Waals surface area contributed by atoms with Crippen molar-refractivity contribution in [2.45, 2.75) is 101 Å². The third-order valence-corrected chi connectivity index (χ3v) is 18.4. The minimum atomic E-state index is -0.502. The van der Waals surface area contributed by atoms with Gasteiger partial charge in [0.25, 0.3) is 17.7 Å². The van der Waals surface area contributed by atoms with Crippen molar-refractivity contribution in [3.63, 3.8) is 0 Å². The maximum atomic E-state index is 13.0. The number of aryl methyl sites for hydroxylation is 3. The van der Waals surface area contributed by atoms with E-state index in [4.69, 9.17) is 70.5 Å². The van der Waals surface area contributed by atoms with Crippen molar-refractivity contribution in [1.29, 1.82) is 0 Å². The van der Waals surface area contributed by atoms with Gasteiger partial charge in [-0.25, -0.2) is 38.6 Å². The molecule has 9 aromatic rings. The van der Waals surface area contributed by atoms with E-state index >= 15 is 0 Å². The molecule has 5 amide bonds. The van der Waals surface area contributed by atoms with Gasteiger partial charge in [0.2, 0.25) is 0 Å². The molecule has 107 heavy (non-hydrogen) atoms. The number of carbonyl (C=O) groups is 5. The first-order valence-electron chi connectivity index (χ1n) is 34.4. The van der Waals surface area contributed by atoms with Crippen molar-refractivity contribution in [2.24, 2.45) is 0 Å². The summed E-state index contributed by atoms with van der Waals surface area (Å²) in [6, 6.07) is 20.7. The largest absolute Gasteiger partial charge is 1.00 e. The number of hydrogen-bond donors (Lipinski definition) is 4. The van der Waals surface area contributed by atoms with Gasteiger partial charge in [0.05, 0.1) is 77.7 Å². The van der Waals surface area contributed by atoms with E-state index in [1.54, 1.807) is 95.9 Å². The molecule has 0 radical (unpaired) electrons. The maximum absolute atomic E-state index is 13.0. The summed E-state index contributed by atoms with van der Waals surface area (Å²) in [5.74, 6) is -0.0598. The van der Waals surface area contributed by atoms with Crippen LogP contribution in [0.4, 0.5) is 26.7 Å². The Bertz CT molecular complexity index is 4490. The smallest absolute Gasteiger partial charge is 0.857 e. The standard InChI is InChI=1S/C26H33ClN6O4.C25H30Cl2N6O3.C21H25ClN6O2.CH3O.CH4.Na/c1-17-21-22(36-5)20(24(34)29-19-8-6-18(27)7-9-19)16-28-23(21)33(30-17)15-12-31-10-13-32(14-11-31)25(35)37-26(2,3)4;1-16-20-21(27)19(23(34)29-18-7-5-17(26)6-8-18)15-28-22(20)33(30-16)14-11-31-9-12-32(13-10-31)24(35)36-25(2,3)4;1-14-18-19(30-2)17(21(29)25-16-5-3-15(22)4-6-16)13-24-20(18)28(26-14)12-11-27-9-7-23-8-10-27;1-2;;/h6-9,16H,10-15H2,1-5H3,(H,29,34);5-8,15H,9-14H2,1-4H3,(H,29,34);3-6,13,23H,7-12H2,1-2H3,(H,25,29);1H3;1H4;/q;;;-1;;+1. The molecule has 0 spiro atoms. The molecule has 0 atom stereocenters. The summed E-state index contributed by atoms with van der Waals surface area (Å²) >= 11 is 24.4. The number of anilines is 3. The molecule has 9 heterocycles. The molecular weight excluding hydrogens is 1470 g/mol. The number of carbonyl (C=O) groups excluding carboxylic acids is 5. The molecule has 12 rings (SSSR count). The number of halogens is 4. The minimum Gasteiger partial charge on any atom is -0.857 e. The van der Waals surface area contributed by atoms with Gasteiger partial charge >= 0.3 is 41.7 Å². The Morgan fingerprint density at radius 1 is 0.449 bits per heavy atom. The van der Waals surface area contributed by atoms with Crippen LogP contribution in [-0.4, -0.2) is 229 Å². The zero-order chi connectivity index (χ0) is 75.9. The van der Waals surface area contributed by atoms with Gasteiger partial charge in [0, 0.05) is 149 Å². The number of pyridine rings is 3. The number of rotatable bonds is 17. The Morgan fingerprint density at radius 3 is 1.06 bits per heavy atom. The van der Waals surface area contributed by atoms with Crippen molar-refractivity contribution >= 4 is 126 Å². The minimum absolute atomic E-state index is 0. The molecule has 28 nitrogen and oxygen atoms in total. The zero-order valence-corrected chi connectivity index (χ0v) is 67.3. The zero-order valence-electron chi connectivity index (χ0n) is 62.2. The quantitative estimate of drug-likeness (QED) is 0.0624. The van der Waals surface area contributed by atoms with Crippen LogP contribution in [0.25, 0.3) is 33.1 Å². The van der Waals surface area contributed by atoms with Gasteiger partial charge in [-0.3, -0.25) is 29.1 Å². The number of ether oxygens (including phenoxy) is 4. The van der Waals surface area contributed by atoms with Gasteiger partial charge in [-0.05, 0) is 135 Å². The first kappa shape index (κ1) is 86.3.